The molecule has 3 N–H and O–H groups in total. The summed E-state index contributed by atoms with van der Waals surface area (Å²) in [6.07, 6.45) is 0.467. The smallest absolute Gasteiger partial charge is 0.241 e. The number of carbonyl (C=O) groups excluding carboxylic acids is 1. The maximum atomic E-state index is 12.1. The van der Waals surface area contributed by atoms with Gasteiger partial charge in [-0.05, 0) is 24.1 Å². The zero-order valence-corrected chi connectivity index (χ0v) is 12.4. The fourth-order valence-electron chi connectivity index (χ4n) is 1.91. The second-order valence-electron chi connectivity index (χ2n) is 4.63. The maximum absolute atomic E-state index is 12.1. The zero-order chi connectivity index (χ0) is 15.2. The van der Waals surface area contributed by atoms with E-state index >= 15 is 0 Å². The molecule has 0 aliphatic rings. The van der Waals surface area contributed by atoms with Crippen LogP contribution in [-0.4, -0.2) is 19.1 Å². The predicted octanol–water partition coefficient (Wildman–Crippen LogP) is 2.86. The highest BCUT2D eigenvalue weighted by Gasteiger charge is 2.15. The zero-order valence-electron chi connectivity index (χ0n) is 11.7. The Kier molecular flexibility index (Phi) is 5.20. The quantitative estimate of drug-likeness (QED) is 0.892. The number of carbonyl (C=O) groups is 1. The van der Waals surface area contributed by atoms with Gasteiger partial charge in [-0.15, -0.1) is 0 Å². The van der Waals surface area contributed by atoms with E-state index in [1.807, 2.05) is 30.3 Å². The summed E-state index contributed by atoms with van der Waals surface area (Å²) in [4.78, 5) is 12.1. The first-order valence-electron chi connectivity index (χ1n) is 6.54. The lowest BCUT2D eigenvalue weighted by Gasteiger charge is -2.14. The van der Waals surface area contributed by atoms with Crippen molar-refractivity contribution in [2.75, 3.05) is 12.4 Å². The van der Waals surface area contributed by atoms with Gasteiger partial charge in [0.05, 0.1) is 23.9 Å². The normalized spacial score (nSPS) is 11.8. The van der Waals surface area contributed by atoms with Crippen LogP contribution in [0.5, 0.6) is 5.75 Å². The third kappa shape index (κ3) is 4.21. The van der Waals surface area contributed by atoms with Gasteiger partial charge in [0.2, 0.25) is 5.91 Å². The van der Waals surface area contributed by atoms with Gasteiger partial charge in [-0.2, -0.15) is 0 Å². The van der Waals surface area contributed by atoms with Gasteiger partial charge in [-0.1, -0.05) is 41.9 Å². The second kappa shape index (κ2) is 7.11. The fraction of sp³-hybridized carbons (Fsp3) is 0.188. The van der Waals surface area contributed by atoms with E-state index < -0.39 is 6.04 Å². The minimum Gasteiger partial charge on any atom is -0.497 e. The Balaban J connectivity index is 2.04. The van der Waals surface area contributed by atoms with Crippen LogP contribution in [-0.2, 0) is 11.2 Å². The summed E-state index contributed by atoms with van der Waals surface area (Å²) in [5.41, 5.74) is 7.43. The molecule has 2 aromatic rings. The highest BCUT2D eigenvalue weighted by Crippen LogP contribution is 2.26. The molecule has 1 atom stereocenters. The van der Waals surface area contributed by atoms with Gasteiger partial charge >= 0.3 is 0 Å². The van der Waals surface area contributed by atoms with Gasteiger partial charge in [0.15, 0.2) is 0 Å². The molecule has 0 saturated carbocycles. The van der Waals surface area contributed by atoms with E-state index in [0.29, 0.717) is 22.9 Å². The van der Waals surface area contributed by atoms with Crippen LogP contribution in [0, 0.1) is 0 Å². The minimum absolute atomic E-state index is 0.283. The molecular weight excluding hydrogens is 288 g/mol. The van der Waals surface area contributed by atoms with Crippen LogP contribution < -0.4 is 15.8 Å². The number of methoxy groups -OCH3 is 1. The molecule has 1 amide bonds. The highest BCUT2D eigenvalue weighted by molar-refractivity contribution is 6.33. The summed E-state index contributed by atoms with van der Waals surface area (Å²) < 4.78 is 5.11. The van der Waals surface area contributed by atoms with Crippen LogP contribution in [0.25, 0.3) is 0 Å². The maximum Gasteiger partial charge on any atom is 0.241 e. The first-order valence-corrected chi connectivity index (χ1v) is 6.92. The number of amides is 1. The van der Waals surface area contributed by atoms with Crippen molar-refractivity contribution in [2.45, 2.75) is 12.5 Å². The van der Waals surface area contributed by atoms with Crippen LogP contribution >= 0.6 is 11.6 Å². The molecule has 110 valence electrons. The Morgan fingerprint density at radius 3 is 2.67 bits per heavy atom. The van der Waals surface area contributed by atoms with Gasteiger partial charge in [0, 0.05) is 6.07 Å². The molecule has 0 unspecified atom stereocenters. The van der Waals surface area contributed by atoms with Crippen molar-refractivity contribution in [1.82, 2.24) is 0 Å². The van der Waals surface area contributed by atoms with E-state index in [9.17, 15) is 4.79 Å². The lowest BCUT2D eigenvalue weighted by atomic mass is 10.1. The van der Waals surface area contributed by atoms with E-state index in [0.717, 1.165) is 5.56 Å². The number of ether oxygens (including phenoxy) is 1. The van der Waals surface area contributed by atoms with Crippen LogP contribution in [0.4, 0.5) is 5.69 Å². The highest BCUT2D eigenvalue weighted by atomic mass is 35.5. The number of rotatable bonds is 5. The summed E-state index contributed by atoms with van der Waals surface area (Å²) in [5.74, 6) is 0.334. The largest absolute Gasteiger partial charge is 0.497 e. The lowest BCUT2D eigenvalue weighted by molar-refractivity contribution is -0.117. The van der Waals surface area contributed by atoms with Crippen molar-refractivity contribution in [2.24, 2.45) is 5.73 Å². The Hall–Kier alpha value is -2.04. The minimum atomic E-state index is -0.644. The molecule has 2 rings (SSSR count). The molecule has 0 saturated heterocycles. The Morgan fingerprint density at radius 2 is 2.00 bits per heavy atom. The molecule has 5 heteroatoms. The predicted molar refractivity (Wildman–Crippen MR) is 84.8 cm³/mol. The van der Waals surface area contributed by atoms with Gasteiger partial charge < -0.3 is 15.8 Å². The molecule has 0 spiro atoms. The third-order valence-corrected chi connectivity index (χ3v) is 3.40. The Labute approximate surface area is 128 Å². The molecule has 0 fully saturated rings. The molecule has 0 bridgehead atoms. The average molecular weight is 305 g/mol. The molecule has 0 aromatic heterocycles. The number of nitrogens with two attached hydrogens (primary N) is 1. The van der Waals surface area contributed by atoms with Crippen molar-refractivity contribution in [3.05, 3.63) is 59.1 Å². The number of anilines is 1. The molecule has 0 radical (unpaired) electrons. The number of nitrogens with one attached hydrogen (secondary N) is 1. The topological polar surface area (TPSA) is 64.3 Å². The van der Waals surface area contributed by atoms with Gasteiger partial charge in [-0.25, -0.2) is 0 Å². The molecule has 0 heterocycles. The van der Waals surface area contributed by atoms with Crippen LogP contribution in [0.1, 0.15) is 5.56 Å². The number of benzene rings is 2. The van der Waals surface area contributed by atoms with E-state index in [4.69, 9.17) is 22.1 Å². The molecular formula is C16H17ClN2O2. The van der Waals surface area contributed by atoms with E-state index in [2.05, 4.69) is 5.32 Å². The number of hydrogen-bond donors (Lipinski definition) is 2. The summed E-state index contributed by atoms with van der Waals surface area (Å²) in [5, 5.41) is 3.17. The van der Waals surface area contributed by atoms with Crippen LogP contribution in [0.2, 0.25) is 5.02 Å². The second-order valence-corrected chi connectivity index (χ2v) is 5.04. The Bertz CT molecular complexity index is 617. The van der Waals surface area contributed by atoms with E-state index in [-0.39, 0.29) is 5.91 Å². The summed E-state index contributed by atoms with van der Waals surface area (Å²) >= 11 is 6.05. The van der Waals surface area contributed by atoms with Gasteiger partial charge in [0.25, 0.3) is 0 Å². The molecule has 4 nitrogen and oxygen atoms in total. The summed E-state index contributed by atoms with van der Waals surface area (Å²) in [6.45, 7) is 0. The van der Waals surface area contributed by atoms with Gasteiger partial charge in [0.1, 0.15) is 5.75 Å². The first-order chi connectivity index (χ1) is 10.1. The van der Waals surface area contributed by atoms with Crippen molar-refractivity contribution >= 4 is 23.2 Å². The lowest BCUT2D eigenvalue weighted by Crippen LogP contribution is -2.37. The monoisotopic (exact) mass is 304 g/mol. The van der Waals surface area contributed by atoms with Crippen molar-refractivity contribution < 1.29 is 9.53 Å². The summed E-state index contributed by atoms with van der Waals surface area (Å²) in [6, 6.07) is 14.0. The Morgan fingerprint density at radius 1 is 1.29 bits per heavy atom. The van der Waals surface area contributed by atoms with Crippen molar-refractivity contribution in [1.29, 1.82) is 0 Å². The first kappa shape index (κ1) is 15.4. The van der Waals surface area contributed by atoms with Crippen molar-refractivity contribution in [3.63, 3.8) is 0 Å². The molecule has 21 heavy (non-hydrogen) atoms. The fourth-order valence-corrected chi connectivity index (χ4v) is 2.08. The molecule has 2 aromatic carbocycles. The number of halogens is 1. The van der Waals surface area contributed by atoms with Crippen molar-refractivity contribution in [3.8, 4) is 5.75 Å². The van der Waals surface area contributed by atoms with Crippen LogP contribution in [0.3, 0.4) is 0 Å². The molecule has 0 aliphatic carbocycles. The van der Waals surface area contributed by atoms with E-state index in [1.165, 1.54) is 0 Å². The SMILES string of the molecule is COc1ccc(Cl)c(NC(=O)[C@H](N)Cc2ccccc2)c1. The summed E-state index contributed by atoms with van der Waals surface area (Å²) in [7, 11) is 1.55. The third-order valence-electron chi connectivity index (χ3n) is 3.07. The standard InChI is InChI=1S/C16H17ClN2O2/c1-21-12-7-8-13(17)15(10-12)19-16(20)14(18)9-11-5-3-2-4-6-11/h2-8,10,14H,9,18H2,1H3,(H,19,20)/t14-/m1/s1. The number of hydrogen-bond acceptors (Lipinski definition) is 3. The van der Waals surface area contributed by atoms with E-state index in [1.54, 1.807) is 25.3 Å². The molecule has 0 aliphatic heterocycles. The van der Waals surface area contributed by atoms with Crippen LogP contribution in [0.15, 0.2) is 48.5 Å². The van der Waals surface area contributed by atoms with Gasteiger partial charge in [-0.3, -0.25) is 4.79 Å². The average Bonchev–Trinajstić information content (AvgIpc) is 2.50.